The summed E-state index contributed by atoms with van der Waals surface area (Å²) in [5.74, 6) is -0.409. The molecule has 0 saturated carbocycles. The largest absolute Gasteiger partial charge is 0.179 e. The van der Waals surface area contributed by atoms with Gasteiger partial charge in [0.25, 0.3) is 0 Å². The zero-order chi connectivity index (χ0) is 31.0. The molecule has 0 unspecified atom stereocenters. The molecule has 4 aromatic rings. The van der Waals surface area contributed by atoms with E-state index in [-0.39, 0.29) is 9.52 Å². The number of hydrogen-bond acceptors (Lipinski definition) is 1. The summed E-state index contributed by atoms with van der Waals surface area (Å²) in [6, 6.07) is 39.4. The quantitative estimate of drug-likeness (QED) is 0.0723. The van der Waals surface area contributed by atoms with E-state index in [1.807, 2.05) is 6.07 Å². The summed E-state index contributed by atoms with van der Waals surface area (Å²) in [5.41, 5.74) is 12.2. The first-order valence-corrected chi connectivity index (χ1v) is 22.8. The Kier molecular flexibility index (Phi) is 21.1. The van der Waals surface area contributed by atoms with E-state index in [0.29, 0.717) is 6.42 Å². The average molecular weight is 709 g/mol. The van der Waals surface area contributed by atoms with Crippen molar-refractivity contribution < 1.29 is 25.6 Å². The number of carbonyl (C=O) groups is 1. The van der Waals surface area contributed by atoms with Crippen LogP contribution < -0.4 is 10.4 Å². The van der Waals surface area contributed by atoms with Crippen molar-refractivity contribution in [2.24, 2.45) is 0 Å². The van der Waals surface area contributed by atoms with Gasteiger partial charge in [-0.2, -0.15) is 29.8 Å². The molecule has 1 aliphatic carbocycles. The molecule has 2 nitrogen and oxygen atoms in total. The molecule has 225 valence electrons. The van der Waals surface area contributed by atoms with E-state index in [9.17, 15) is 4.79 Å². The first-order valence-electron chi connectivity index (χ1n) is 15.3. The van der Waals surface area contributed by atoms with Gasteiger partial charge < -0.3 is 10.5 Å². The van der Waals surface area contributed by atoms with Gasteiger partial charge in [0, 0.05) is 5.91 Å². The minimum atomic E-state index is -0.826. The predicted molar refractivity (Wildman–Crippen MR) is 186 cm³/mol. The van der Waals surface area contributed by atoms with Crippen molar-refractivity contribution >= 4 is 42.8 Å². The third-order valence-electron chi connectivity index (χ3n) is 7.06. The van der Waals surface area contributed by atoms with Crippen LogP contribution in [0.4, 0.5) is 0 Å². The smallest absolute Gasteiger partial charge is 0.103 e. The number of carbonyl (C=O) groups excluding carboxylic acids is 1. The van der Waals surface area contributed by atoms with Crippen LogP contribution in [-0.2, 0) is 32.1 Å². The second-order valence-electron chi connectivity index (χ2n) is 10.4. The number of amides is 1. The Morgan fingerprint density at radius 2 is 1.21 bits per heavy atom. The van der Waals surface area contributed by atoms with E-state index in [1.54, 1.807) is 0 Å². The monoisotopic (exact) mass is 706 g/mol. The molecule has 0 bridgehead atoms. The third-order valence-corrected chi connectivity index (χ3v) is 8.49. The van der Waals surface area contributed by atoms with Gasteiger partial charge in [-0.1, -0.05) is 165 Å². The predicted octanol–water partition coefficient (Wildman–Crippen LogP) is 9.99. The van der Waals surface area contributed by atoms with Crippen LogP contribution in [0.2, 0.25) is 0 Å². The number of fused-ring (bicyclic) bond motifs is 3. The normalized spacial score (nSPS) is 10.3. The van der Waals surface area contributed by atoms with Crippen LogP contribution in [0, 0.1) is 6.07 Å². The molecule has 6 heteroatoms. The molecule has 1 amide bonds. The van der Waals surface area contributed by atoms with Gasteiger partial charge in [-0.25, -0.2) is 0 Å². The molecule has 4 aromatic carbocycles. The Bertz CT molecular complexity index is 1190. The number of benzene rings is 4. The van der Waals surface area contributed by atoms with Crippen LogP contribution >= 0.6 is 17.0 Å². The summed E-state index contributed by atoms with van der Waals surface area (Å²) < 4.78 is 0. The van der Waals surface area contributed by atoms with Gasteiger partial charge in [0.1, 0.15) is 9.52 Å². The summed E-state index contributed by atoms with van der Waals surface area (Å²) in [4.78, 5) is 10.3. The van der Waals surface area contributed by atoms with Crippen LogP contribution in [-0.4, -0.2) is 15.4 Å². The second kappa shape index (κ2) is 24.4. The van der Waals surface area contributed by atoms with Crippen molar-refractivity contribution in [3.8, 4) is 11.1 Å². The summed E-state index contributed by atoms with van der Waals surface area (Å²) in [7, 11) is 10.1. The van der Waals surface area contributed by atoms with Crippen LogP contribution in [0.1, 0.15) is 82.3 Å². The van der Waals surface area contributed by atoms with Crippen molar-refractivity contribution in [2.75, 3.05) is 0 Å². The van der Waals surface area contributed by atoms with Crippen molar-refractivity contribution in [3.63, 3.8) is 0 Å². The second-order valence-corrected chi connectivity index (χ2v) is 15.8. The molecule has 0 aliphatic heterocycles. The zero-order valence-corrected chi connectivity index (χ0v) is 30.5. The molecular weight excluding hydrogens is 665 g/mol. The van der Waals surface area contributed by atoms with Crippen molar-refractivity contribution in [3.05, 3.63) is 126 Å². The number of nitrogens with one attached hydrogen (secondary N) is 1. The van der Waals surface area contributed by atoms with Crippen LogP contribution in [0.3, 0.4) is 0 Å². The van der Waals surface area contributed by atoms with Gasteiger partial charge in [-0.15, -0.1) is 5.56 Å². The Balaban J connectivity index is 0.000000215. The minimum absolute atomic E-state index is 0.271. The van der Waals surface area contributed by atoms with Crippen molar-refractivity contribution in [1.29, 1.82) is 0 Å². The Morgan fingerprint density at radius 1 is 0.721 bits per heavy atom. The van der Waals surface area contributed by atoms with Gasteiger partial charge in [0.2, 0.25) is 0 Å². The Labute approximate surface area is 281 Å². The Hall–Kier alpha value is -1.97. The maximum Gasteiger partial charge on any atom is 0.103 e. The van der Waals surface area contributed by atoms with Crippen LogP contribution in [0.25, 0.3) is 16.9 Å². The molecule has 0 aromatic heterocycles. The molecule has 1 aliphatic rings. The number of hydrogen-bond donors (Lipinski definition) is 0. The topological polar surface area (TPSA) is 40.9 Å². The fourth-order valence-corrected chi connectivity index (χ4v) is 6.10. The van der Waals surface area contributed by atoms with E-state index < -0.39 is 26.8 Å². The van der Waals surface area contributed by atoms with E-state index >= 15 is 0 Å². The molecule has 0 saturated heterocycles. The van der Waals surface area contributed by atoms with Crippen molar-refractivity contribution in [2.45, 2.75) is 77.6 Å². The van der Waals surface area contributed by atoms with Gasteiger partial charge in [0.05, 0.1) is 0 Å². The molecule has 43 heavy (non-hydrogen) atoms. The molecule has 0 atom stereocenters. The van der Waals surface area contributed by atoms with E-state index in [0.717, 1.165) is 19.3 Å². The molecular formula is C37H44Cl2NOSiZr. The molecule has 5 rings (SSSR count). The standard InChI is InChI=1S/C13H9.C12H25NO.C12H11Si.2ClH.Zr/c1-3-7-12-10(5-1)9-11-6-2-4-8-13(11)12;1-2-3-4-5-6-7-8-9-10-11-12(13)14;1-3-7-11(8-4-1)13-12-9-5-2-6-10-12;;;/h1-5,7-8H,9H2;2-11H2,1H3,(H2,13,14);1-10,13H;2*1H;/q-1;;;;;+4/p-3. The SMILES string of the molecule is CCCCCCCCCCCC([NH-])=O.[Cl][Zr+2][Cl].[c-]1cccc2c1Cc1ccccc1-2.c1ccc([SiH]c2ccccc2)cc1. The fraction of sp³-hybridized carbons (Fsp3) is 0.324. The fourth-order valence-electron chi connectivity index (χ4n) is 4.88. The molecule has 0 fully saturated rings. The summed E-state index contributed by atoms with van der Waals surface area (Å²) >= 11 is -0.826. The van der Waals surface area contributed by atoms with Crippen LogP contribution in [0.5, 0.6) is 0 Å². The van der Waals surface area contributed by atoms with Crippen LogP contribution in [0.15, 0.2) is 103 Å². The van der Waals surface area contributed by atoms with E-state index in [4.69, 9.17) is 22.8 Å². The summed E-state index contributed by atoms with van der Waals surface area (Å²) in [6.45, 7) is 2.23. The molecule has 1 N–H and O–H groups in total. The van der Waals surface area contributed by atoms with Gasteiger partial charge in [0.15, 0.2) is 0 Å². The average Bonchev–Trinajstić information content (AvgIpc) is 3.41. The van der Waals surface area contributed by atoms with E-state index in [1.165, 1.54) is 77.6 Å². The van der Waals surface area contributed by atoms with Gasteiger partial charge in [-0.05, 0) is 19.3 Å². The maximum atomic E-state index is 10.3. The van der Waals surface area contributed by atoms with Crippen molar-refractivity contribution in [1.82, 2.24) is 0 Å². The summed E-state index contributed by atoms with van der Waals surface area (Å²) in [5, 5.41) is 2.90. The minimum Gasteiger partial charge on any atom is -0.179 e. The van der Waals surface area contributed by atoms with Gasteiger partial charge in [-0.3, -0.25) is 0 Å². The first-order chi connectivity index (χ1) is 21.1. The summed E-state index contributed by atoms with van der Waals surface area (Å²) in [6.07, 6.45) is 12.8. The third kappa shape index (κ3) is 16.6. The van der Waals surface area contributed by atoms with E-state index in [2.05, 4.69) is 110 Å². The van der Waals surface area contributed by atoms with Gasteiger partial charge >= 0.3 is 37.9 Å². The first kappa shape index (κ1) is 37.2. The number of rotatable bonds is 12. The molecule has 1 radical (unpaired) electrons. The number of unbranched alkanes of at least 4 members (excludes halogenated alkanes) is 8. The molecule has 0 heterocycles. The Morgan fingerprint density at radius 3 is 1.77 bits per heavy atom. The number of halogens is 2. The maximum absolute atomic E-state index is 10.3. The molecule has 0 spiro atoms. The zero-order valence-electron chi connectivity index (χ0n) is 25.3.